The van der Waals surface area contributed by atoms with Gasteiger partial charge in [0.15, 0.2) is 0 Å². The highest BCUT2D eigenvalue weighted by molar-refractivity contribution is 5.64. The van der Waals surface area contributed by atoms with Gasteiger partial charge < -0.3 is 10.3 Å². The van der Waals surface area contributed by atoms with Gasteiger partial charge in [0.05, 0.1) is 18.2 Å². The highest BCUT2D eigenvalue weighted by atomic mass is 15.0. The largest absolute Gasteiger partial charge is 0.329 e. The van der Waals surface area contributed by atoms with Crippen LogP contribution < -0.4 is 5.73 Å². The fourth-order valence-electron chi connectivity index (χ4n) is 1.87. The minimum atomic E-state index is 0.633. The van der Waals surface area contributed by atoms with Crippen molar-refractivity contribution in [2.45, 2.75) is 20.4 Å². The molecule has 3 heteroatoms. The molecule has 2 aromatic rings. The Labute approximate surface area is 95.9 Å². The predicted octanol–water partition coefficient (Wildman–Crippen LogP) is 2.13. The third kappa shape index (κ3) is 1.99. The number of aromatic nitrogens is 2. The maximum absolute atomic E-state index is 5.59. The highest BCUT2D eigenvalue weighted by Gasteiger charge is 2.07. The molecule has 0 radical (unpaired) electrons. The minimum Gasteiger partial charge on any atom is -0.329 e. The molecule has 16 heavy (non-hydrogen) atoms. The van der Waals surface area contributed by atoms with Crippen molar-refractivity contribution < 1.29 is 0 Å². The first-order valence-corrected chi connectivity index (χ1v) is 5.50. The zero-order valence-corrected chi connectivity index (χ0v) is 9.77. The van der Waals surface area contributed by atoms with Gasteiger partial charge in [0.2, 0.25) is 0 Å². The first-order chi connectivity index (χ1) is 7.72. The topological polar surface area (TPSA) is 43.8 Å². The summed E-state index contributed by atoms with van der Waals surface area (Å²) in [5, 5.41) is 0. The van der Waals surface area contributed by atoms with Crippen molar-refractivity contribution in [1.82, 2.24) is 9.55 Å². The van der Waals surface area contributed by atoms with Gasteiger partial charge in [0, 0.05) is 18.7 Å². The Kier molecular flexibility index (Phi) is 3.06. The molecule has 1 heterocycles. The lowest BCUT2D eigenvalue weighted by Gasteiger charge is -2.10. The van der Waals surface area contributed by atoms with Crippen molar-refractivity contribution in [3.05, 3.63) is 41.9 Å². The minimum absolute atomic E-state index is 0.633. The fraction of sp³-hybridized carbons (Fsp3) is 0.308. The highest BCUT2D eigenvalue weighted by Crippen LogP contribution is 2.24. The van der Waals surface area contributed by atoms with Crippen LogP contribution >= 0.6 is 0 Å². The SMILES string of the molecule is Cc1ccc(C)c(-c2cncn2CCN)c1. The molecule has 0 bridgehead atoms. The summed E-state index contributed by atoms with van der Waals surface area (Å²) in [6.07, 6.45) is 3.74. The third-order valence-electron chi connectivity index (χ3n) is 2.75. The average Bonchev–Trinajstić information content (AvgIpc) is 2.70. The lowest BCUT2D eigenvalue weighted by atomic mass is 10.0. The molecule has 0 amide bonds. The average molecular weight is 215 g/mol. The van der Waals surface area contributed by atoms with E-state index in [0.29, 0.717) is 6.54 Å². The second-order valence-electron chi connectivity index (χ2n) is 4.08. The maximum atomic E-state index is 5.59. The smallest absolute Gasteiger partial charge is 0.0951 e. The molecule has 0 fully saturated rings. The van der Waals surface area contributed by atoms with Gasteiger partial charge in [-0.3, -0.25) is 0 Å². The van der Waals surface area contributed by atoms with E-state index < -0.39 is 0 Å². The summed E-state index contributed by atoms with van der Waals surface area (Å²) in [7, 11) is 0. The van der Waals surface area contributed by atoms with Crippen LogP contribution in [0.25, 0.3) is 11.3 Å². The number of benzene rings is 1. The molecule has 0 spiro atoms. The van der Waals surface area contributed by atoms with E-state index in [9.17, 15) is 0 Å². The van der Waals surface area contributed by atoms with E-state index in [1.54, 1.807) is 0 Å². The Bertz CT molecular complexity index is 486. The molecule has 1 aromatic carbocycles. The third-order valence-corrected chi connectivity index (χ3v) is 2.75. The molecule has 84 valence electrons. The van der Waals surface area contributed by atoms with Gasteiger partial charge in [-0.2, -0.15) is 0 Å². The van der Waals surface area contributed by atoms with E-state index in [-0.39, 0.29) is 0 Å². The molecular weight excluding hydrogens is 198 g/mol. The number of hydrogen-bond acceptors (Lipinski definition) is 2. The Hall–Kier alpha value is -1.61. The summed E-state index contributed by atoms with van der Waals surface area (Å²) >= 11 is 0. The van der Waals surface area contributed by atoms with Gasteiger partial charge in [-0.25, -0.2) is 4.98 Å². The van der Waals surface area contributed by atoms with Crippen LogP contribution in [-0.2, 0) is 6.54 Å². The molecule has 0 aliphatic carbocycles. The molecule has 2 rings (SSSR count). The molecule has 0 saturated carbocycles. The van der Waals surface area contributed by atoms with Gasteiger partial charge in [0.25, 0.3) is 0 Å². The first-order valence-electron chi connectivity index (χ1n) is 5.50. The Morgan fingerprint density at radius 3 is 2.88 bits per heavy atom. The second kappa shape index (κ2) is 4.49. The summed E-state index contributed by atoms with van der Waals surface area (Å²) in [4.78, 5) is 4.20. The van der Waals surface area contributed by atoms with E-state index in [0.717, 1.165) is 12.2 Å². The molecule has 0 atom stereocenters. The van der Waals surface area contributed by atoms with Gasteiger partial charge >= 0.3 is 0 Å². The summed E-state index contributed by atoms with van der Waals surface area (Å²) in [5.74, 6) is 0. The van der Waals surface area contributed by atoms with Gasteiger partial charge in [0.1, 0.15) is 0 Å². The standard InChI is InChI=1S/C13H17N3/c1-10-3-4-11(2)12(7-10)13-8-15-9-16(13)6-5-14/h3-4,7-9H,5-6,14H2,1-2H3. The fourth-order valence-corrected chi connectivity index (χ4v) is 1.87. The van der Waals surface area contributed by atoms with Crippen molar-refractivity contribution in [3.63, 3.8) is 0 Å². The summed E-state index contributed by atoms with van der Waals surface area (Å²) in [6.45, 7) is 5.66. The summed E-state index contributed by atoms with van der Waals surface area (Å²) in [5.41, 5.74) is 10.5. The lowest BCUT2D eigenvalue weighted by Crippen LogP contribution is -2.10. The Morgan fingerprint density at radius 1 is 1.31 bits per heavy atom. The van der Waals surface area contributed by atoms with E-state index in [2.05, 4.69) is 41.6 Å². The van der Waals surface area contributed by atoms with Crippen LogP contribution in [0.5, 0.6) is 0 Å². The van der Waals surface area contributed by atoms with Crippen LogP contribution in [-0.4, -0.2) is 16.1 Å². The molecule has 0 saturated heterocycles. The normalized spacial score (nSPS) is 10.7. The van der Waals surface area contributed by atoms with E-state index in [1.807, 2.05) is 12.5 Å². The monoisotopic (exact) mass is 215 g/mol. The number of aryl methyl sites for hydroxylation is 2. The molecule has 0 aliphatic rings. The molecule has 0 unspecified atom stereocenters. The molecular formula is C13H17N3. The van der Waals surface area contributed by atoms with Crippen LogP contribution in [0.1, 0.15) is 11.1 Å². The Balaban J connectivity index is 2.49. The van der Waals surface area contributed by atoms with E-state index in [4.69, 9.17) is 5.73 Å². The maximum Gasteiger partial charge on any atom is 0.0951 e. The second-order valence-corrected chi connectivity index (χ2v) is 4.08. The molecule has 0 aliphatic heterocycles. The number of hydrogen-bond donors (Lipinski definition) is 1. The molecule has 2 N–H and O–H groups in total. The summed E-state index contributed by atoms with van der Waals surface area (Å²) in [6, 6.07) is 6.46. The van der Waals surface area contributed by atoms with Crippen molar-refractivity contribution in [1.29, 1.82) is 0 Å². The van der Waals surface area contributed by atoms with Crippen LogP contribution in [0, 0.1) is 13.8 Å². The number of nitrogens with zero attached hydrogens (tertiary/aromatic N) is 2. The van der Waals surface area contributed by atoms with E-state index >= 15 is 0 Å². The predicted molar refractivity (Wildman–Crippen MR) is 66.2 cm³/mol. The van der Waals surface area contributed by atoms with Crippen molar-refractivity contribution in [2.24, 2.45) is 5.73 Å². The van der Waals surface area contributed by atoms with Crippen molar-refractivity contribution in [2.75, 3.05) is 6.54 Å². The number of imidazole rings is 1. The van der Waals surface area contributed by atoms with Crippen LogP contribution in [0.4, 0.5) is 0 Å². The van der Waals surface area contributed by atoms with Crippen LogP contribution in [0.2, 0.25) is 0 Å². The van der Waals surface area contributed by atoms with Gasteiger partial charge in [-0.05, 0) is 25.5 Å². The van der Waals surface area contributed by atoms with Gasteiger partial charge in [-0.15, -0.1) is 0 Å². The van der Waals surface area contributed by atoms with Crippen molar-refractivity contribution >= 4 is 0 Å². The summed E-state index contributed by atoms with van der Waals surface area (Å²) < 4.78 is 2.10. The van der Waals surface area contributed by atoms with Crippen molar-refractivity contribution in [3.8, 4) is 11.3 Å². The van der Waals surface area contributed by atoms with Crippen LogP contribution in [0.3, 0.4) is 0 Å². The first kappa shape index (κ1) is 10.9. The Morgan fingerprint density at radius 2 is 2.12 bits per heavy atom. The van der Waals surface area contributed by atoms with E-state index in [1.165, 1.54) is 16.7 Å². The lowest BCUT2D eigenvalue weighted by molar-refractivity contribution is 0.713. The van der Waals surface area contributed by atoms with Gasteiger partial charge in [-0.1, -0.05) is 17.7 Å². The van der Waals surface area contributed by atoms with Crippen LogP contribution in [0.15, 0.2) is 30.7 Å². The number of rotatable bonds is 3. The molecule has 1 aromatic heterocycles. The zero-order valence-electron chi connectivity index (χ0n) is 9.77. The zero-order chi connectivity index (χ0) is 11.5. The quantitative estimate of drug-likeness (QED) is 0.852. The number of nitrogens with two attached hydrogens (primary N) is 1. The molecule has 3 nitrogen and oxygen atoms in total.